The molecule has 1 nitrogen and oxygen atoms in total. The molecule has 0 N–H and O–H groups in total. The minimum absolute atomic E-state index is 0.859. The van der Waals surface area contributed by atoms with Crippen molar-refractivity contribution >= 4 is 6.29 Å². The Bertz CT molecular complexity index is 199. The van der Waals surface area contributed by atoms with Crippen LogP contribution in [0.2, 0.25) is 0 Å². The molecule has 0 spiro atoms. The van der Waals surface area contributed by atoms with Gasteiger partial charge in [0, 0.05) is 0 Å². The number of carbonyl (C=O) groups excluding carboxylic acids is 1. The lowest BCUT2D eigenvalue weighted by Gasteiger charge is -1.98. The third-order valence-corrected chi connectivity index (χ3v) is 2.03. The minimum Gasteiger partial charge on any atom is -0.299 e. The van der Waals surface area contributed by atoms with Gasteiger partial charge < -0.3 is 0 Å². The Kier molecular flexibility index (Phi) is 7.27. The molecule has 0 aliphatic carbocycles. The summed E-state index contributed by atoms with van der Waals surface area (Å²) in [6.07, 6.45) is 9.23. The van der Waals surface area contributed by atoms with Gasteiger partial charge in [-0.2, -0.15) is 0 Å². The van der Waals surface area contributed by atoms with E-state index in [1.807, 2.05) is 6.92 Å². The van der Waals surface area contributed by atoms with Crippen molar-refractivity contribution in [2.24, 2.45) is 0 Å². The third-order valence-electron chi connectivity index (χ3n) is 2.03. The van der Waals surface area contributed by atoms with Gasteiger partial charge in [0.25, 0.3) is 0 Å². The van der Waals surface area contributed by atoms with Crippen molar-refractivity contribution in [1.82, 2.24) is 0 Å². The zero-order valence-electron chi connectivity index (χ0n) is 8.97. The number of aldehydes is 1. The van der Waals surface area contributed by atoms with Crippen LogP contribution in [0.3, 0.4) is 0 Å². The molecule has 0 atom stereocenters. The smallest absolute Gasteiger partial charge is 0.142 e. The minimum atomic E-state index is 0.859. The highest BCUT2D eigenvalue weighted by molar-refractivity contribution is 5.65. The van der Waals surface area contributed by atoms with Crippen LogP contribution in [0.5, 0.6) is 0 Å². The van der Waals surface area contributed by atoms with Crippen LogP contribution in [0, 0.1) is 0 Å². The summed E-state index contributed by atoms with van der Waals surface area (Å²) in [7, 11) is 0. The van der Waals surface area contributed by atoms with Crippen LogP contribution < -0.4 is 0 Å². The van der Waals surface area contributed by atoms with E-state index in [-0.39, 0.29) is 0 Å². The lowest BCUT2D eigenvalue weighted by atomic mass is 10.1. The lowest BCUT2D eigenvalue weighted by molar-refractivity contribution is -0.104. The first-order chi connectivity index (χ1) is 6.20. The van der Waals surface area contributed by atoms with E-state index < -0.39 is 0 Å². The van der Waals surface area contributed by atoms with Crippen LogP contribution in [0.25, 0.3) is 0 Å². The van der Waals surface area contributed by atoms with E-state index in [2.05, 4.69) is 19.9 Å². The van der Waals surface area contributed by atoms with Gasteiger partial charge in [-0.25, -0.2) is 0 Å². The van der Waals surface area contributed by atoms with E-state index in [1.54, 1.807) is 6.08 Å². The van der Waals surface area contributed by atoms with E-state index in [9.17, 15) is 4.79 Å². The van der Waals surface area contributed by atoms with Gasteiger partial charge in [0.05, 0.1) is 0 Å². The summed E-state index contributed by atoms with van der Waals surface area (Å²) in [6, 6.07) is 0. The van der Waals surface area contributed by atoms with Crippen LogP contribution in [0.4, 0.5) is 0 Å². The van der Waals surface area contributed by atoms with Crippen molar-refractivity contribution in [1.29, 1.82) is 0 Å². The summed E-state index contributed by atoms with van der Waals surface area (Å²) in [5.41, 5.74) is 2.62. The maximum atomic E-state index is 10.1. The fourth-order valence-corrected chi connectivity index (χ4v) is 1.24. The Labute approximate surface area is 81.5 Å². The second-order valence-electron chi connectivity index (χ2n) is 3.49. The standard InChI is InChI=1S/C12H20O/c1-4-6-11(2)7-5-8-12(3)9-10-13/h7,9-10H,4-6,8H2,1-3H3/b11-7?,12-9+. The molecule has 0 bridgehead atoms. The van der Waals surface area contributed by atoms with Gasteiger partial charge in [-0.05, 0) is 39.2 Å². The van der Waals surface area contributed by atoms with Crippen molar-refractivity contribution in [3.05, 3.63) is 23.3 Å². The molecule has 0 unspecified atom stereocenters. The SMILES string of the molecule is CCCC(C)=CCC/C(C)=C/C=O. The Morgan fingerprint density at radius 1 is 1.15 bits per heavy atom. The van der Waals surface area contributed by atoms with Gasteiger partial charge in [0.1, 0.15) is 6.29 Å². The van der Waals surface area contributed by atoms with Crippen LogP contribution in [-0.4, -0.2) is 6.29 Å². The Hall–Kier alpha value is -0.850. The summed E-state index contributed by atoms with van der Waals surface area (Å²) in [5.74, 6) is 0. The lowest BCUT2D eigenvalue weighted by Crippen LogP contribution is -1.79. The molecular weight excluding hydrogens is 160 g/mol. The molecule has 74 valence electrons. The first kappa shape index (κ1) is 12.2. The van der Waals surface area contributed by atoms with E-state index in [4.69, 9.17) is 0 Å². The Balaban J connectivity index is 3.71. The monoisotopic (exact) mass is 180 g/mol. The number of rotatable bonds is 6. The van der Waals surface area contributed by atoms with Gasteiger partial charge in [-0.1, -0.05) is 30.6 Å². The fourth-order valence-electron chi connectivity index (χ4n) is 1.24. The van der Waals surface area contributed by atoms with Gasteiger partial charge in [0.15, 0.2) is 0 Å². The molecule has 0 heterocycles. The average molecular weight is 180 g/mol. The van der Waals surface area contributed by atoms with Crippen LogP contribution in [0.15, 0.2) is 23.3 Å². The van der Waals surface area contributed by atoms with Crippen LogP contribution in [-0.2, 0) is 4.79 Å². The van der Waals surface area contributed by atoms with Gasteiger partial charge in [-0.3, -0.25) is 4.79 Å². The second kappa shape index (κ2) is 7.78. The highest BCUT2D eigenvalue weighted by atomic mass is 16.1. The molecule has 0 aliphatic heterocycles. The second-order valence-corrected chi connectivity index (χ2v) is 3.49. The Morgan fingerprint density at radius 3 is 2.38 bits per heavy atom. The molecule has 1 heteroatoms. The quantitative estimate of drug-likeness (QED) is 0.346. The van der Waals surface area contributed by atoms with Crippen molar-refractivity contribution in [3.8, 4) is 0 Å². The van der Waals surface area contributed by atoms with Crippen LogP contribution >= 0.6 is 0 Å². The molecule has 0 rings (SSSR count). The molecule has 0 saturated carbocycles. The fraction of sp³-hybridized carbons (Fsp3) is 0.583. The topological polar surface area (TPSA) is 17.1 Å². The molecule has 0 aromatic rings. The summed E-state index contributed by atoms with van der Waals surface area (Å²) in [4.78, 5) is 10.1. The molecular formula is C12H20O. The molecule has 0 aromatic heterocycles. The summed E-state index contributed by atoms with van der Waals surface area (Å²) in [6.45, 7) is 6.36. The normalized spacial score (nSPS) is 13.2. The number of carbonyl (C=O) groups is 1. The highest BCUT2D eigenvalue weighted by Crippen LogP contribution is 2.09. The van der Waals surface area contributed by atoms with Crippen molar-refractivity contribution in [2.75, 3.05) is 0 Å². The first-order valence-electron chi connectivity index (χ1n) is 4.97. The molecule has 13 heavy (non-hydrogen) atoms. The summed E-state index contributed by atoms with van der Waals surface area (Å²) in [5, 5.41) is 0. The number of hydrogen-bond donors (Lipinski definition) is 0. The molecule has 0 radical (unpaired) electrons. The van der Waals surface area contributed by atoms with E-state index in [0.29, 0.717) is 0 Å². The summed E-state index contributed by atoms with van der Waals surface area (Å²) < 4.78 is 0. The van der Waals surface area contributed by atoms with Gasteiger partial charge in [-0.15, -0.1) is 0 Å². The van der Waals surface area contributed by atoms with E-state index in [1.165, 1.54) is 18.4 Å². The molecule has 0 amide bonds. The van der Waals surface area contributed by atoms with Crippen LogP contribution in [0.1, 0.15) is 46.5 Å². The highest BCUT2D eigenvalue weighted by Gasteiger charge is 1.89. The molecule has 0 aromatic carbocycles. The zero-order valence-corrected chi connectivity index (χ0v) is 8.97. The molecule has 0 saturated heterocycles. The zero-order chi connectivity index (χ0) is 10.1. The average Bonchev–Trinajstić information content (AvgIpc) is 2.05. The Morgan fingerprint density at radius 2 is 1.85 bits per heavy atom. The third kappa shape index (κ3) is 7.51. The van der Waals surface area contributed by atoms with E-state index in [0.717, 1.165) is 24.7 Å². The van der Waals surface area contributed by atoms with Crippen molar-refractivity contribution in [2.45, 2.75) is 46.5 Å². The molecule has 0 fully saturated rings. The van der Waals surface area contributed by atoms with Gasteiger partial charge in [0.2, 0.25) is 0 Å². The predicted octanol–water partition coefficient (Wildman–Crippen LogP) is 3.66. The maximum absolute atomic E-state index is 10.1. The number of hydrogen-bond acceptors (Lipinski definition) is 1. The largest absolute Gasteiger partial charge is 0.299 e. The maximum Gasteiger partial charge on any atom is 0.142 e. The van der Waals surface area contributed by atoms with E-state index >= 15 is 0 Å². The summed E-state index contributed by atoms with van der Waals surface area (Å²) >= 11 is 0. The predicted molar refractivity (Wildman–Crippen MR) is 57.7 cm³/mol. The van der Waals surface area contributed by atoms with Crippen molar-refractivity contribution < 1.29 is 4.79 Å². The molecule has 0 aliphatic rings. The first-order valence-corrected chi connectivity index (χ1v) is 4.97. The van der Waals surface area contributed by atoms with Gasteiger partial charge >= 0.3 is 0 Å². The number of allylic oxidation sites excluding steroid dienone is 4. The van der Waals surface area contributed by atoms with Crippen molar-refractivity contribution in [3.63, 3.8) is 0 Å².